The van der Waals surface area contributed by atoms with Crippen molar-refractivity contribution in [3.63, 3.8) is 0 Å². The maximum absolute atomic E-state index is 12.0. The number of amides is 2. The maximum Gasteiger partial charge on any atom is 0.223 e. The molecule has 2 amide bonds. The van der Waals surface area contributed by atoms with Crippen molar-refractivity contribution in [3.8, 4) is 0 Å². The van der Waals surface area contributed by atoms with Gasteiger partial charge >= 0.3 is 0 Å². The number of likely N-dealkylation sites (N-methyl/N-ethyl adjacent to an activating group) is 1. The van der Waals surface area contributed by atoms with Crippen LogP contribution < -0.4 is 5.73 Å². The van der Waals surface area contributed by atoms with Crippen molar-refractivity contribution in [2.45, 2.75) is 52.5 Å². The Labute approximate surface area is 129 Å². The summed E-state index contributed by atoms with van der Waals surface area (Å²) in [7, 11) is 1.74. The second-order valence-electron chi connectivity index (χ2n) is 4.97. The first-order valence-corrected chi connectivity index (χ1v) is 7.21. The molecular weight excluding hydrogens is 278 g/mol. The summed E-state index contributed by atoms with van der Waals surface area (Å²) in [4.78, 5) is 27.4. The molecule has 1 unspecified atom stereocenters. The fraction of sp³-hybridized carbons (Fsp3) is 0.857. The first kappa shape index (κ1) is 21.5. The SMILES string of the molecule is CCCN(CCC)C(=O)CCC(=O)N(C)C(C)CN.Cl. The molecule has 20 heavy (non-hydrogen) atoms. The highest BCUT2D eigenvalue weighted by Crippen LogP contribution is 2.05. The minimum atomic E-state index is -0.0146. The van der Waals surface area contributed by atoms with Crippen LogP contribution in [0, 0.1) is 0 Å². The third-order valence-corrected chi connectivity index (χ3v) is 3.29. The Bertz CT molecular complexity index is 282. The zero-order valence-electron chi connectivity index (χ0n) is 13.2. The number of nitrogens with two attached hydrogens (primary N) is 1. The van der Waals surface area contributed by atoms with Crippen LogP contribution in [0.25, 0.3) is 0 Å². The zero-order chi connectivity index (χ0) is 14.8. The van der Waals surface area contributed by atoms with E-state index in [9.17, 15) is 9.59 Å². The molecule has 0 spiro atoms. The highest BCUT2D eigenvalue weighted by Gasteiger charge is 2.17. The largest absolute Gasteiger partial charge is 0.343 e. The Morgan fingerprint density at radius 1 is 1.05 bits per heavy atom. The van der Waals surface area contributed by atoms with E-state index < -0.39 is 0 Å². The topological polar surface area (TPSA) is 66.6 Å². The molecule has 0 rings (SSSR count). The van der Waals surface area contributed by atoms with Crippen LogP contribution in [0.4, 0.5) is 0 Å². The van der Waals surface area contributed by atoms with Crippen molar-refractivity contribution in [2.24, 2.45) is 5.73 Å². The number of rotatable bonds is 9. The molecule has 0 aromatic heterocycles. The lowest BCUT2D eigenvalue weighted by Crippen LogP contribution is -2.40. The summed E-state index contributed by atoms with van der Waals surface area (Å²) < 4.78 is 0. The molecule has 120 valence electrons. The monoisotopic (exact) mass is 307 g/mol. The van der Waals surface area contributed by atoms with Gasteiger partial charge in [-0.1, -0.05) is 13.8 Å². The number of halogens is 1. The van der Waals surface area contributed by atoms with Gasteiger partial charge in [-0.3, -0.25) is 9.59 Å². The van der Waals surface area contributed by atoms with Gasteiger partial charge in [-0.25, -0.2) is 0 Å². The summed E-state index contributed by atoms with van der Waals surface area (Å²) in [6, 6.07) is 0.0185. The fourth-order valence-corrected chi connectivity index (χ4v) is 1.85. The molecule has 0 bridgehead atoms. The molecular formula is C14H30ClN3O2. The molecule has 0 aliphatic carbocycles. The van der Waals surface area contributed by atoms with E-state index in [-0.39, 0.29) is 36.7 Å². The molecule has 0 saturated heterocycles. The van der Waals surface area contributed by atoms with Gasteiger partial charge in [0.2, 0.25) is 11.8 Å². The molecule has 0 saturated carbocycles. The smallest absolute Gasteiger partial charge is 0.223 e. The minimum Gasteiger partial charge on any atom is -0.343 e. The van der Waals surface area contributed by atoms with Crippen LogP contribution in [-0.4, -0.2) is 54.3 Å². The van der Waals surface area contributed by atoms with Crippen LogP contribution in [-0.2, 0) is 9.59 Å². The van der Waals surface area contributed by atoms with E-state index in [2.05, 4.69) is 13.8 Å². The minimum absolute atomic E-state index is 0. The number of carbonyl (C=O) groups excluding carboxylic acids is 2. The molecule has 0 aliphatic rings. The van der Waals surface area contributed by atoms with Gasteiger partial charge in [0.1, 0.15) is 0 Å². The van der Waals surface area contributed by atoms with E-state index in [1.807, 2.05) is 11.8 Å². The summed E-state index contributed by atoms with van der Waals surface area (Å²) in [5, 5.41) is 0. The molecule has 0 radical (unpaired) electrons. The van der Waals surface area contributed by atoms with E-state index in [0.29, 0.717) is 13.0 Å². The summed E-state index contributed by atoms with van der Waals surface area (Å²) in [5.41, 5.74) is 5.52. The van der Waals surface area contributed by atoms with Gasteiger partial charge in [-0.05, 0) is 19.8 Å². The molecule has 0 aromatic rings. The lowest BCUT2D eigenvalue weighted by atomic mass is 10.2. The first-order chi connectivity index (χ1) is 8.97. The Hall–Kier alpha value is -0.810. The van der Waals surface area contributed by atoms with Crippen LogP contribution in [0.3, 0.4) is 0 Å². The molecule has 5 nitrogen and oxygen atoms in total. The van der Waals surface area contributed by atoms with E-state index in [4.69, 9.17) is 5.73 Å². The van der Waals surface area contributed by atoms with E-state index in [1.165, 1.54) is 0 Å². The summed E-state index contributed by atoms with van der Waals surface area (Å²) >= 11 is 0. The third-order valence-electron chi connectivity index (χ3n) is 3.29. The number of hydrogen-bond donors (Lipinski definition) is 1. The van der Waals surface area contributed by atoms with Crippen LogP contribution in [0.2, 0.25) is 0 Å². The lowest BCUT2D eigenvalue weighted by molar-refractivity contribution is -0.137. The highest BCUT2D eigenvalue weighted by atomic mass is 35.5. The Kier molecular flexibility index (Phi) is 12.9. The third kappa shape index (κ3) is 7.70. The molecule has 0 aromatic carbocycles. The van der Waals surface area contributed by atoms with Gasteiger partial charge in [0.05, 0.1) is 0 Å². The van der Waals surface area contributed by atoms with Gasteiger partial charge in [0, 0.05) is 45.6 Å². The average molecular weight is 308 g/mol. The fourth-order valence-electron chi connectivity index (χ4n) is 1.85. The highest BCUT2D eigenvalue weighted by molar-refractivity contribution is 5.85. The predicted octanol–water partition coefficient (Wildman–Crippen LogP) is 1.64. The second kappa shape index (κ2) is 12.0. The van der Waals surface area contributed by atoms with Crippen LogP contribution in [0.15, 0.2) is 0 Å². The Balaban J connectivity index is 0. The summed E-state index contributed by atoms with van der Waals surface area (Å²) in [5.74, 6) is 0.0603. The number of nitrogens with zero attached hydrogens (tertiary/aromatic N) is 2. The lowest BCUT2D eigenvalue weighted by Gasteiger charge is -2.25. The van der Waals surface area contributed by atoms with Gasteiger partial charge in [0.25, 0.3) is 0 Å². The molecule has 0 aliphatic heterocycles. The van der Waals surface area contributed by atoms with Crippen molar-refractivity contribution in [2.75, 3.05) is 26.7 Å². The van der Waals surface area contributed by atoms with Crippen molar-refractivity contribution in [3.05, 3.63) is 0 Å². The Morgan fingerprint density at radius 2 is 1.50 bits per heavy atom. The first-order valence-electron chi connectivity index (χ1n) is 7.21. The van der Waals surface area contributed by atoms with Gasteiger partial charge in [0.15, 0.2) is 0 Å². The standard InChI is InChI=1S/C14H29N3O2.ClH/c1-5-9-17(10-6-2)14(19)8-7-13(18)16(4)12(3)11-15;/h12H,5-11,15H2,1-4H3;1H. The van der Waals surface area contributed by atoms with Gasteiger partial charge in [-0.2, -0.15) is 0 Å². The van der Waals surface area contributed by atoms with Crippen LogP contribution in [0.1, 0.15) is 46.5 Å². The van der Waals surface area contributed by atoms with Crippen molar-refractivity contribution >= 4 is 24.2 Å². The number of hydrogen-bond acceptors (Lipinski definition) is 3. The van der Waals surface area contributed by atoms with E-state index in [0.717, 1.165) is 25.9 Å². The average Bonchev–Trinajstić information content (AvgIpc) is 2.42. The second-order valence-corrected chi connectivity index (χ2v) is 4.97. The maximum atomic E-state index is 12.0. The van der Waals surface area contributed by atoms with Crippen molar-refractivity contribution in [1.82, 2.24) is 9.80 Å². The predicted molar refractivity (Wildman–Crippen MR) is 84.9 cm³/mol. The summed E-state index contributed by atoms with van der Waals surface area (Å²) in [6.45, 7) is 8.00. The number of carbonyl (C=O) groups is 2. The van der Waals surface area contributed by atoms with E-state index >= 15 is 0 Å². The van der Waals surface area contributed by atoms with Gasteiger partial charge < -0.3 is 15.5 Å². The summed E-state index contributed by atoms with van der Waals surface area (Å²) in [6.07, 6.45) is 2.46. The molecule has 0 heterocycles. The molecule has 6 heteroatoms. The van der Waals surface area contributed by atoms with Crippen molar-refractivity contribution in [1.29, 1.82) is 0 Å². The van der Waals surface area contributed by atoms with Gasteiger partial charge in [-0.15, -0.1) is 12.4 Å². The van der Waals surface area contributed by atoms with E-state index in [1.54, 1.807) is 11.9 Å². The zero-order valence-corrected chi connectivity index (χ0v) is 14.0. The molecule has 2 N–H and O–H groups in total. The normalized spacial score (nSPS) is 11.4. The molecule has 1 atom stereocenters. The van der Waals surface area contributed by atoms with Crippen molar-refractivity contribution < 1.29 is 9.59 Å². The van der Waals surface area contributed by atoms with Crippen LogP contribution >= 0.6 is 12.4 Å². The Morgan fingerprint density at radius 3 is 1.90 bits per heavy atom. The molecule has 0 fully saturated rings. The van der Waals surface area contributed by atoms with Crippen LogP contribution in [0.5, 0.6) is 0 Å². The quantitative estimate of drug-likeness (QED) is 0.704.